The number of esters is 1. The Balaban J connectivity index is 1.99. The Morgan fingerprint density at radius 3 is 2.39 bits per heavy atom. The lowest BCUT2D eigenvalue weighted by atomic mass is 10.2. The lowest BCUT2D eigenvalue weighted by Gasteiger charge is -2.11. The molecule has 0 aromatic heterocycles. The number of nitrogens with zero attached hydrogens (tertiary/aromatic N) is 4. The van der Waals surface area contributed by atoms with Crippen molar-refractivity contribution < 1.29 is 22.7 Å². The minimum atomic E-state index is -3.94. The van der Waals surface area contributed by atoms with Gasteiger partial charge in [0.1, 0.15) is 5.69 Å². The number of nitrogens with two attached hydrogens (primary N) is 1. The molecule has 1 amide bonds. The second-order valence-corrected chi connectivity index (χ2v) is 9.36. The predicted molar refractivity (Wildman–Crippen MR) is 120 cm³/mol. The summed E-state index contributed by atoms with van der Waals surface area (Å²) in [6, 6.07) is 9.69. The number of halogens is 2. The number of hydrogen-bond acceptors (Lipinski definition) is 8. The molecule has 10 nitrogen and oxygen atoms in total. The van der Waals surface area contributed by atoms with Gasteiger partial charge >= 0.3 is 5.97 Å². The van der Waals surface area contributed by atoms with E-state index in [1.165, 1.54) is 12.1 Å². The van der Waals surface area contributed by atoms with Crippen LogP contribution in [0.2, 0.25) is 0 Å². The molecule has 0 bridgehead atoms. The summed E-state index contributed by atoms with van der Waals surface area (Å²) < 4.78 is 28.7. The fourth-order valence-electron chi connectivity index (χ4n) is 2.58. The lowest BCUT2D eigenvalue weighted by molar-refractivity contribution is -0.135. The van der Waals surface area contributed by atoms with Gasteiger partial charge in [0.05, 0.1) is 17.2 Å². The Hall–Kier alpha value is -2.48. The smallest absolute Gasteiger partial charge is 0.357 e. The molecule has 1 atom stereocenters. The van der Waals surface area contributed by atoms with E-state index in [1.807, 2.05) is 0 Å². The molecule has 0 spiro atoms. The largest absolute Gasteiger partial charge is 0.461 e. The summed E-state index contributed by atoms with van der Waals surface area (Å²) in [5.41, 5.74) is 0.432. The van der Waals surface area contributed by atoms with Crippen LogP contribution in [0.1, 0.15) is 6.92 Å². The zero-order chi connectivity index (χ0) is 22.8. The monoisotopic (exact) mass is 571 g/mol. The van der Waals surface area contributed by atoms with Gasteiger partial charge in [0.2, 0.25) is 16.1 Å². The average Bonchev–Trinajstić information content (AvgIpc) is 3.04. The lowest BCUT2D eigenvalue weighted by Crippen LogP contribution is -2.33. The van der Waals surface area contributed by atoms with Gasteiger partial charge in [-0.15, -0.1) is 0 Å². The third kappa shape index (κ3) is 5.06. The molecule has 0 saturated heterocycles. The molecule has 2 aromatic rings. The average molecular weight is 573 g/mol. The Labute approximate surface area is 194 Å². The zero-order valence-electron chi connectivity index (χ0n) is 15.9. The highest BCUT2D eigenvalue weighted by molar-refractivity contribution is 9.11. The minimum absolute atomic E-state index is 0.0906. The van der Waals surface area contributed by atoms with Crippen LogP contribution in [-0.4, -0.2) is 38.7 Å². The molecule has 3 rings (SSSR count). The molecular formula is C18H15Br2N5O5S. The van der Waals surface area contributed by atoms with Crippen molar-refractivity contribution in [3.05, 3.63) is 51.4 Å². The van der Waals surface area contributed by atoms with Crippen LogP contribution in [0.15, 0.2) is 71.6 Å². The van der Waals surface area contributed by atoms with E-state index in [-0.39, 0.29) is 31.8 Å². The van der Waals surface area contributed by atoms with E-state index >= 15 is 0 Å². The number of rotatable bonds is 6. The Bertz CT molecular complexity index is 1180. The summed E-state index contributed by atoms with van der Waals surface area (Å²) in [7, 11) is -3.94. The molecule has 1 aliphatic rings. The van der Waals surface area contributed by atoms with Crippen molar-refractivity contribution >= 4 is 70.8 Å². The Morgan fingerprint density at radius 2 is 1.84 bits per heavy atom. The molecule has 0 fully saturated rings. The number of amides is 1. The fraction of sp³-hybridized carbons (Fsp3) is 0.167. The molecule has 0 aliphatic carbocycles. The summed E-state index contributed by atoms with van der Waals surface area (Å²) in [6.07, 6.45) is 0. The minimum Gasteiger partial charge on any atom is -0.461 e. The number of primary sulfonamides is 1. The molecule has 31 heavy (non-hydrogen) atoms. The van der Waals surface area contributed by atoms with E-state index in [4.69, 9.17) is 9.88 Å². The number of anilines is 1. The van der Waals surface area contributed by atoms with Crippen LogP contribution in [0.25, 0.3) is 0 Å². The first-order valence-corrected chi connectivity index (χ1v) is 11.8. The quantitative estimate of drug-likeness (QED) is 0.417. The highest BCUT2D eigenvalue weighted by Crippen LogP contribution is 2.36. The molecule has 162 valence electrons. The first-order chi connectivity index (χ1) is 14.6. The van der Waals surface area contributed by atoms with E-state index in [0.29, 0.717) is 5.69 Å². The van der Waals surface area contributed by atoms with Crippen molar-refractivity contribution in [2.75, 3.05) is 11.6 Å². The van der Waals surface area contributed by atoms with Crippen molar-refractivity contribution in [3.8, 4) is 0 Å². The SMILES string of the molecule is CCOC(=O)C1=NN(c2ccccc2)C(=O)[C@H]1N=Nc1c(Br)cc(S(N)(=O)=O)cc1Br. The number of benzene rings is 2. The molecular weight excluding hydrogens is 558 g/mol. The number of ether oxygens (including phenoxy) is 1. The summed E-state index contributed by atoms with van der Waals surface area (Å²) >= 11 is 6.42. The third-order valence-electron chi connectivity index (χ3n) is 3.99. The van der Waals surface area contributed by atoms with Gasteiger partial charge in [-0.1, -0.05) is 18.2 Å². The molecule has 0 unspecified atom stereocenters. The number of hydrazone groups is 1. The van der Waals surface area contributed by atoms with Crippen molar-refractivity contribution in [1.29, 1.82) is 0 Å². The van der Waals surface area contributed by atoms with Gasteiger partial charge in [0.15, 0.2) is 5.71 Å². The number of carbonyl (C=O) groups is 2. The maximum Gasteiger partial charge on any atom is 0.357 e. The van der Waals surface area contributed by atoms with Crippen molar-refractivity contribution in [2.24, 2.45) is 20.5 Å². The third-order valence-corrected chi connectivity index (χ3v) is 6.09. The summed E-state index contributed by atoms with van der Waals surface area (Å²) in [4.78, 5) is 25.1. The number of sulfonamides is 1. The highest BCUT2D eigenvalue weighted by Gasteiger charge is 2.41. The van der Waals surface area contributed by atoms with Gasteiger partial charge in [0, 0.05) is 8.95 Å². The molecule has 13 heteroatoms. The first-order valence-electron chi connectivity index (χ1n) is 8.70. The molecule has 0 saturated carbocycles. The van der Waals surface area contributed by atoms with E-state index in [9.17, 15) is 18.0 Å². The van der Waals surface area contributed by atoms with Gasteiger partial charge in [-0.2, -0.15) is 20.3 Å². The van der Waals surface area contributed by atoms with Gasteiger partial charge in [-0.3, -0.25) is 4.79 Å². The van der Waals surface area contributed by atoms with Crippen LogP contribution in [0.4, 0.5) is 11.4 Å². The molecule has 1 aliphatic heterocycles. The normalized spacial score (nSPS) is 16.6. The van der Waals surface area contributed by atoms with Crippen molar-refractivity contribution in [1.82, 2.24) is 0 Å². The number of carbonyl (C=O) groups excluding carboxylic acids is 2. The van der Waals surface area contributed by atoms with Gasteiger partial charge in [-0.25, -0.2) is 18.4 Å². The van der Waals surface area contributed by atoms with Crippen LogP contribution >= 0.6 is 31.9 Å². The predicted octanol–water partition coefficient (Wildman–Crippen LogP) is 3.28. The summed E-state index contributed by atoms with van der Waals surface area (Å²) in [5, 5.41) is 18.4. The Morgan fingerprint density at radius 1 is 1.23 bits per heavy atom. The van der Waals surface area contributed by atoms with Crippen molar-refractivity contribution in [2.45, 2.75) is 17.9 Å². The molecule has 0 radical (unpaired) electrons. The first kappa shape index (κ1) is 23.2. The standard InChI is InChI=1S/C18H15Br2N5O5S/c1-2-30-18(27)16-15(17(26)25(24-16)10-6-4-3-5-7-10)23-22-14-12(19)8-11(9-13(14)20)31(21,28)29/h3-9,15H,2H2,1H3,(H2,21,28,29)/t15-/m0/s1. The number of para-hydroxylation sites is 1. The van der Waals surface area contributed by atoms with Crippen LogP contribution in [0.3, 0.4) is 0 Å². The molecule has 2 aromatic carbocycles. The number of hydrogen-bond donors (Lipinski definition) is 1. The maximum atomic E-state index is 12.9. The van der Waals surface area contributed by atoms with Crippen LogP contribution < -0.4 is 10.1 Å². The summed E-state index contributed by atoms with van der Waals surface area (Å²) in [6.45, 7) is 1.72. The van der Waals surface area contributed by atoms with Crippen molar-refractivity contribution in [3.63, 3.8) is 0 Å². The molecule has 2 N–H and O–H groups in total. The zero-order valence-corrected chi connectivity index (χ0v) is 19.9. The number of azo groups is 1. The van der Waals surface area contributed by atoms with Gasteiger partial charge in [-0.05, 0) is 63.0 Å². The second-order valence-electron chi connectivity index (χ2n) is 6.09. The van der Waals surface area contributed by atoms with Crippen LogP contribution in [0.5, 0.6) is 0 Å². The van der Waals surface area contributed by atoms with Crippen LogP contribution in [0, 0.1) is 0 Å². The van der Waals surface area contributed by atoms with E-state index in [0.717, 1.165) is 5.01 Å². The molecule has 1 heterocycles. The maximum absolute atomic E-state index is 12.9. The Kier molecular flexibility index (Phi) is 6.99. The van der Waals surface area contributed by atoms with Crippen LogP contribution in [-0.2, 0) is 24.3 Å². The van der Waals surface area contributed by atoms with E-state index < -0.39 is 27.9 Å². The van der Waals surface area contributed by atoms with Gasteiger partial charge < -0.3 is 4.74 Å². The van der Waals surface area contributed by atoms with Gasteiger partial charge in [0.25, 0.3) is 5.91 Å². The second kappa shape index (κ2) is 9.34. The summed E-state index contributed by atoms with van der Waals surface area (Å²) in [5.74, 6) is -1.38. The fourth-order valence-corrected chi connectivity index (χ4v) is 4.79. The highest BCUT2D eigenvalue weighted by atomic mass is 79.9. The van der Waals surface area contributed by atoms with E-state index in [1.54, 1.807) is 37.3 Å². The van der Waals surface area contributed by atoms with E-state index in [2.05, 4.69) is 47.2 Å². The topological polar surface area (TPSA) is 144 Å².